The van der Waals surface area contributed by atoms with E-state index in [2.05, 4.69) is 31.0 Å². The molecular weight excluding hydrogens is 354 g/mol. The van der Waals surface area contributed by atoms with E-state index in [4.69, 9.17) is 0 Å². The van der Waals surface area contributed by atoms with Crippen molar-refractivity contribution in [3.8, 4) is 0 Å². The molecule has 0 unspecified atom stereocenters. The first-order chi connectivity index (χ1) is 13.7. The van der Waals surface area contributed by atoms with Crippen molar-refractivity contribution in [3.63, 3.8) is 0 Å². The molecule has 0 saturated carbocycles. The lowest BCUT2D eigenvalue weighted by molar-refractivity contribution is 0.0740. The highest BCUT2D eigenvalue weighted by atomic mass is 16.2. The highest BCUT2D eigenvalue weighted by Gasteiger charge is 2.25. The molecule has 1 amide bonds. The summed E-state index contributed by atoms with van der Waals surface area (Å²) in [6.45, 7) is 4.77. The molecule has 0 atom stereocenters. The van der Waals surface area contributed by atoms with Crippen LogP contribution in [0.4, 0.5) is 5.82 Å². The van der Waals surface area contributed by atoms with Crippen molar-refractivity contribution >= 4 is 17.5 Å². The Morgan fingerprint density at radius 3 is 2.71 bits per heavy atom. The van der Waals surface area contributed by atoms with Gasteiger partial charge in [-0.2, -0.15) is 14.6 Å². The molecule has 3 aromatic heterocycles. The Bertz CT molecular complexity index is 1040. The van der Waals surface area contributed by atoms with Gasteiger partial charge in [-0.1, -0.05) is 6.07 Å². The van der Waals surface area contributed by atoms with Crippen molar-refractivity contribution in [1.29, 1.82) is 0 Å². The van der Waals surface area contributed by atoms with Crippen LogP contribution in [0.2, 0.25) is 0 Å². The number of hydrogen-bond acceptors (Lipinski definition) is 6. The zero-order valence-electron chi connectivity index (χ0n) is 16.0. The zero-order chi connectivity index (χ0) is 19.1. The Hall–Kier alpha value is -3.03. The first-order valence-corrected chi connectivity index (χ1v) is 9.89. The Morgan fingerprint density at radius 2 is 1.86 bits per heavy atom. The number of anilines is 1. The second kappa shape index (κ2) is 6.85. The standard InChI is InChI=1S/C20H23N7O/c1-14-12-18(27-20(23-14)21-13-22-27)25-8-10-26(11-9-25)19(28)17-7-6-15-4-2-3-5-16(15)24-17/h6-7,12-13H,2-5,8-11H2,1H3. The van der Waals surface area contributed by atoms with E-state index in [-0.39, 0.29) is 5.91 Å². The number of piperazine rings is 1. The minimum atomic E-state index is 0.0323. The molecule has 1 fully saturated rings. The van der Waals surface area contributed by atoms with Crippen LogP contribution >= 0.6 is 0 Å². The van der Waals surface area contributed by atoms with E-state index in [1.165, 1.54) is 24.7 Å². The predicted molar refractivity (Wildman–Crippen MR) is 105 cm³/mol. The summed E-state index contributed by atoms with van der Waals surface area (Å²) in [5.74, 6) is 1.61. The maximum absolute atomic E-state index is 13.0. The van der Waals surface area contributed by atoms with Gasteiger partial charge in [-0.25, -0.2) is 9.97 Å². The van der Waals surface area contributed by atoms with E-state index in [1.807, 2.05) is 24.0 Å². The Balaban J connectivity index is 1.31. The van der Waals surface area contributed by atoms with E-state index in [1.54, 1.807) is 4.52 Å². The fraction of sp³-hybridized carbons (Fsp3) is 0.450. The lowest BCUT2D eigenvalue weighted by Crippen LogP contribution is -2.49. The van der Waals surface area contributed by atoms with Crippen LogP contribution in [0.25, 0.3) is 5.78 Å². The number of pyridine rings is 1. The molecule has 0 N–H and O–H groups in total. The lowest BCUT2D eigenvalue weighted by atomic mass is 9.96. The van der Waals surface area contributed by atoms with Gasteiger partial charge in [-0.15, -0.1) is 0 Å². The van der Waals surface area contributed by atoms with Crippen LogP contribution in [0.1, 0.15) is 40.3 Å². The third-order valence-corrected chi connectivity index (χ3v) is 5.65. The number of aromatic nitrogens is 5. The molecule has 3 aromatic rings. The van der Waals surface area contributed by atoms with Gasteiger partial charge >= 0.3 is 0 Å². The van der Waals surface area contributed by atoms with Gasteiger partial charge in [0.05, 0.1) is 0 Å². The molecule has 1 aliphatic carbocycles. The van der Waals surface area contributed by atoms with Gasteiger partial charge in [-0.3, -0.25) is 4.79 Å². The molecule has 0 spiro atoms. The van der Waals surface area contributed by atoms with E-state index >= 15 is 0 Å². The van der Waals surface area contributed by atoms with Crippen LogP contribution in [0.5, 0.6) is 0 Å². The molecule has 0 aromatic carbocycles. The first kappa shape index (κ1) is 17.1. The van der Waals surface area contributed by atoms with Gasteiger partial charge in [0.15, 0.2) is 0 Å². The van der Waals surface area contributed by atoms with Crippen molar-refractivity contribution < 1.29 is 4.79 Å². The third-order valence-electron chi connectivity index (χ3n) is 5.65. The number of amides is 1. The molecule has 8 heteroatoms. The van der Waals surface area contributed by atoms with E-state index in [9.17, 15) is 4.79 Å². The SMILES string of the molecule is Cc1cc(N2CCN(C(=O)c3ccc4c(n3)CCCC4)CC2)n2ncnc2n1. The summed E-state index contributed by atoms with van der Waals surface area (Å²) >= 11 is 0. The van der Waals surface area contributed by atoms with Gasteiger partial charge in [-0.05, 0) is 44.2 Å². The topological polar surface area (TPSA) is 79.5 Å². The van der Waals surface area contributed by atoms with E-state index in [0.717, 1.165) is 43.1 Å². The van der Waals surface area contributed by atoms with Crippen molar-refractivity contribution in [1.82, 2.24) is 29.5 Å². The maximum atomic E-state index is 13.0. The molecule has 1 saturated heterocycles. The van der Waals surface area contributed by atoms with Gasteiger partial charge in [0.1, 0.15) is 17.8 Å². The van der Waals surface area contributed by atoms with Crippen LogP contribution < -0.4 is 4.90 Å². The minimum absolute atomic E-state index is 0.0323. The molecule has 28 heavy (non-hydrogen) atoms. The number of rotatable bonds is 2. The summed E-state index contributed by atoms with van der Waals surface area (Å²) in [5.41, 5.74) is 3.90. The minimum Gasteiger partial charge on any atom is -0.353 e. The van der Waals surface area contributed by atoms with Crippen molar-refractivity contribution in [3.05, 3.63) is 47.2 Å². The smallest absolute Gasteiger partial charge is 0.272 e. The molecule has 5 rings (SSSR count). The second-order valence-electron chi connectivity index (χ2n) is 7.52. The molecular formula is C20H23N7O. The van der Waals surface area contributed by atoms with Gasteiger partial charge in [0.2, 0.25) is 0 Å². The highest BCUT2D eigenvalue weighted by Crippen LogP contribution is 2.21. The van der Waals surface area contributed by atoms with Crippen molar-refractivity contribution in [2.24, 2.45) is 0 Å². The molecule has 144 valence electrons. The van der Waals surface area contributed by atoms with Crippen molar-refractivity contribution in [2.45, 2.75) is 32.6 Å². The number of fused-ring (bicyclic) bond motifs is 2. The molecule has 1 aliphatic heterocycles. The average molecular weight is 377 g/mol. The fourth-order valence-electron chi connectivity index (χ4n) is 4.14. The maximum Gasteiger partial charge on any atom is 0.272 e. The second-order valence-corrected chi connectivity index (χ2v) is 7.52. The van der Waals surface area contributed by atoms with Crippen molar-refractivity contribution in [2.75, 3.05) is 31.1 Å². The lowest BCUT2D eigenvalue weighted by Gasteiger charge is -2.35. The molecule has 8 nitrogen and oxygen atoms in total. The molecule has 4 heterocycles. The van der Waals surface area contributed by atoms with Crippen LogP contribution in [0.3, 0.4) is 0 Å². The summed E-state index contributed by atoms with van der Waals surface area (Å²) in [4.78, 5) is 30.4. The van der Waals surface area contributed by atoms with Crippen LogP contribution in [0.15, 0.2) is 24.5 Å². The van der Waals surface area contributed by atoms with Gasteiger partial charge in [0, 0.05) is 43.6 Å². The Kier molecular flexibility index (Phi) is 4.18. The van der Waals surface area contributed by atoms with Crippen LogP contribution in [-0.2, 0) is 12.8 Å². The summed E-state index contributed by atoms with van der Waals surface area (Å²) in [5, 5.41) is 4.29. The summed E-state index contributed by atoms with van der Waals surface area (Å²) in [6.07, 6.45) is 5.97. The van der Waals surface area contributed by atoms with Crippen LogP contribution in [-0.4, -0.2) is 61.6 Å². The quantitative estimate of drug-likeness (QED) is 0.676. The predicted octanol–water partition coefficient (Wildman–Crippen LogP) is 1.67. The monoisotopic (exact) mass is 377 g/mol. The average Bonchev–Trinajstić information content (AvgIpc) is 3.21. The van der Waals surface area contributed by atoms with Gasteiger partial charge in [0.25, 0.3) is 11.7 Å². The summed E-state index contributed by atoms with van der Waals surface area (Å²) in [6, 6.07) is 6.00. The zero-order valence-corrected chi connectivity index (χ0v) is 16.0. The van der Waals surface area contributed by atoms with Crippen LogP contribution in [0, 0.1) is 6.92 Å². The summed E-state index contributed by atoms with van der Waals surface area (Å²) in [7, 11) is 0. The Labute approximate surface area is 163 Å². The number of nitrogens with zero attached hydrogens (tertiary/aromatic N) is 7. The number of aryl methyl sites for hydroxylation is 3. The molecule has 0 radical (unpaired) electrons. The highest BCUT2D eigenvalue weighted by molar-refractivity contribution is 5.92. The summed E-state index contributed by atoms with van der Waals surface area (Å²) < 4.78 is 1.76. The third kappa shape index (κ3) is 2.98. The van der Waals surface area contributed by atoms with E-state index < -0.39 is 0 Å². The van der Waals surface area contributed by atoms with Gasteiger partial charge < -0.3 is 9.80 Å². The molecule has 0 bridgehead atoms. The number of carbonyl (C=O) groups is 1. The van der Waals surface area contributed by atoms with E-state index in [0.29, 0.717) is 24.6 Å². The first-order valence-electron chi connectivity index (χ1n) is 9.89. The fourth-order valence-corrected chi connectivity index (χ4v) is 4.14. The molecule has 2 aliphatic rings. The Morgan fingerprint density at radius 1 is 1.04 bits per heavy atom. The largest absolute Gasteiger partial charge is 0.353 e. The normalized spacial score (nSPS) is 17.0. The number of carbonyl (C=O) groups excluding carboxylic acids is 1. The number of hydrogen-bond donors (Lipinski definition) is 0.